The number of ketones is 1. The van der Waals surface area contributed by atoms with E-state index < -0.39 is 41.9 Å². The lowest BCUT2D eigenvalue weighted by atomic mass is 10.0. The maximum absolute atomic E-state index is 13.0. The molecule has 1 aromatic rings. The van der Waals surface area contributed by atoms with Crippen molar-refractivity contribution in [1.29, 1.82) is 5.26 Å². The summed E-state index contributed by atoms with van der Waals surface area (Å²) in [6, 6.07) is 4.58. The van der Waals surface area contributed by atoms with Gasteiger partial charge >= 0.3 is 18.1 Å². The molecule has 0 N–H and O–H groups in total. The minimum Gasteiger partial charge on any atom is -0.466 e. The van der Waals surface area contributed by atoms with E-state index in [4.69, 9.17) is 10.00 Å². The lowest BCUT2D eigenvalue weighted by Crippen LogP contribution is -2.40. The van der Waals surface area contributed by atoms with Crippen LogP contribution in [-0.4, -0.2) is 51.5 Å². The number of ether oxygens (including phenoxy) is 3. The molecule has 0 radical (unpaired) electrons. The van der Waals surface area contributed by atoms with Crippen molar-refractivity contribution in [2.75, 3.05) is 32.5 Å². The number of carbonyl (C=O) groups is 3. The highest BCUT2D eigenvalue weighted by atomic mass is 19.4. The van der Waals surface area contributed by atoms with E-state index in [1.807, 2.05) is 0 Å². The van der Waals surface area contributed by atoms with Crippen LogP contribution in [0.15, 0.2) is 29.5 Å². The number of alkyl halides is 3. The highest BCUT2D eigenvalue weighted by molar-refractivity contribution is 6.08. The Morgan fingerprint density at radius 1 is 1.18 bits per heavy atom. The molecule has 1 aromatic carbocycles. The van der Waals surface area contributed by atoms with E-state index >= 15 is 0 Å². The minimum atomic E-state index is -5.24. The van der Waals surface area contributed by atoms with Crippen LogP contribution in [0.5, 0.6) is 0 Å². The van der Waals surface area contributed by atoms with Gasteiger partial charge in [0.1, 0.15) is 12.4 Å². The number of hydrogen-bond acceptors (Lipinski definition) is 8. The molecule has 0 saturated carbocycles. The van der Waals surface area contributed by atoms with Crippen LogP contribution in [0.1, 0.15) is 15.9 Å². The first-order valence-corrected chi connectivity index (χ1v) is 7.56. The summed E-state index contributed by atoms with van der Waals surface area (Å²) < 4.78 is 53.5. The Morgan fingerprint density at radius 2 is 1.82 bits per heavy atom. The first-order chi connectivity index (χ1) is 13.1. The van der Waals surface area contributed by atoms with Gasteiger partial charge in [0.25, 0.3) is 5.78 Å². The van der Waals surface area contributed by atoms with Crippen molar-refractivity contribution >= 4 is 23.4 Å². The zero-order valence-corrected chi connectivity index (χ0v) is 14.6. The van der Waals surface area contributed by atoms with Gasteiger partial charge in [-0.25, -0.2) is 9.59 Å². The third-order valence-electron chi connectivity index (χ3n) is 3.75. The number of rotatable bonds is 4. The number of benzene rings is 1. The average molecular weight is 398 g/mol. The highest BCUT2D eigenvalue weighted by Gasteiger charge is 2.42. The van der Waals surface area contributed by atoms with Gasteiger partial charge in [-0.15, -0.1) is 0 Å². The Bertz CT molecular complexity index is 901. The molecule has 0 atom stereocenters. The number of nitrogens with zero attached hydrogens (tertiary/aromatic N) is 2. The van der Waals surface area contributed by atoms with Crippen LogP contribution in [0.4, 0.5) is 18.9 Å². The Morgan fingerprint density at radius 3 is 2.36 bits per heavy atom. The van der Waals surface area contributed by atoms with E-state index in [1.54, 1.807) is 6.07 Å². The van der Waals surface area contributed by atoms with Gasteiger partial charge < -0.3 is 19.1 Å². The van der Waals surface area contributed by atoms with Gasteiger partial charge in [-0.1, -0.05) is 0 Å². The Kier molecular flexibility index (Phi) is 6.05. The lowest BCUT2D eigenvalue weighted by Gasteiger charge is -2.32. The summed E-state index contributed by atoms with van der Waals surface area (Å²) in [6.07, 6.45) is -5.24. The molecule has 0 fully saturated rings. The molecule has 0 amide bonds. The number of halogens is 3. The fourth-order valence-corrected chi connectivity index (χ4v) is 2.51. The van der Waals surface area contributed by atoms with Gasteiger partial charge in [-0.05, 0) is 18.2 Å². The fraction of sp³-hybridized carbons (Fsp3) is 0.294. The maximum Gasteiger partial charge on any atom is 0.454 e. The van der Waals surface area contributed by atoms with Crippen LogP contribution in [0, 0.1) is 11.3 Å². The topological polar surface area (TPSA) is 106 Å². The van der Waals surface area contributed by atoms with Crippen LogP contribution in [0.3, 0.4) is 0 Å². The van der Waals surface area contributed by atoms with E-state index in [0.29, 0.717) is 0 Å². The summed E-state index contributed by atoms with van der Waals surface area (Å²) in [5, 5.41) is 8.95. The zero-order chi connectivity index (χ0) is 21.1. The average Bonchev–Trinajstić information content (AvgIpc) is 2.70. The summed E-state index contributed by atoms with van der Waals surface area (Å²) in [5.41, 5.74) is -2.20. The molecule has 8 nitrogen and oxygen atoms in total. The molecule has 1 aliphatic heterocycles. The number of anilines is 1. The normalized spacial score (nSPS) is 14.4. The van der Waals surface area contributed by atoms with Crippen LogP contribution < -0.4 is 4.90 Å². The molecule has 11 heteroatoms. The second-order valence-electron chi connectivity index (χ2n) is 5.39. The molecule has 0 saturated heterocycles. The maximum atomic E-state index is 13.0. The molecule has 0 spiro atoms. The van der Waals surface area contributed by atoms with Crippen LogP contribution in [-0.2, 0) is 23.8 Å². The van der Waals surface area contributed by atoms with E-state index in [9.17, 15) is 27.6 Å². The van der Waals surface area contributed by atoms with E-state index in [1.165, 1.54) is 0 Å². The van der Waals surface area contributed by atoms with Crippen molar-refractivity contribution < 1.29 is 41.8 Å². The number of methoxy groups -OCH3 is 2. The van der Waals surface area contributed by atoms with Crippen molar-refractivity contribution in [3.63, 3.8) is 0 Å². The summed E-state index contributed by atoms with van der Waals surface area (Å²) >= 11 is 0. The molecule has 0 aliphatic carbocycles. The Labute approximate surface area is 156 Å². The van der Waals surface area contributed by atoms with E-state index in [0.717, 1.165) is 37.3 Å². The van der Waals surface area contributed by atoms with Crippen LogP contribution in [0.2, 0.25) is 0 Å². The second-order valence-corrected chi connectivity index (χ2v) is 5.39. The minimum absolute atomic E-state index is 0.203. The summed E-state index contributed by atoms with van der Waals surface area (Å²) in [5.74, 6) is -4.23. The van der Waals surface area contributed by atoms with Gasteiger partial charge in [0.2, 0.25) is 0 Å². The quantitative estimate of drug-likeness (QED) is 0.557. The van der Waals surface area contributed by atoms with Crippen LogP contribution in [0.25, 0.3) is 0 Å². The third kappa shape index (κ3) is 3.96. The van der Waals surface area contributed by atoms with Crippen molar-refractivity contribution in [3.8, 4) is 6.07 Å². The molecule has 1 heterocycles. The van der Waals surface area contributed by atoms with E-state index in [2.05, 4.69) is 9.47 Å². The predicted octanol–water partition coefficient (Wildman–Crippen LogP) is 1.70. The van der Waals surface area contributed by atoms with Gasteiger partial charge in [-0.2, -0.15) is 18.4 Å². The molecular weight excluding hydrogens is 385 g/mol. The molecule has 0 bridgehead atoms. The van der Waals surface area contributed by atoms with Crippen molar-refractivity contribution in [1.82, 2.24) is 0 Å². The van der Waals surface area contributed by atoms with Gasteiger partial charge in [-0.3, -0.25) is 4.79 Å². The largest absolute Gasteiger partial charge is 0.466 e. The van der Waals surface area contributed by atoms with Gasteiger partial charge in [0.05, 0.1) is 49.3 Å². The number of esters is 2. The third-order valence-corrected chi connectivity index (χ3v) is 3.75. The standard InChI is InChI=1S/C17H13F3N2O6/c1-26-15(24)11-7-28-8-22(13(11)16(25)27-2)12-4-3-9(6-21)5-10(12)14(23)17(18,19)20/h3-5H,7-8H2,1-2H3. The SMILES string of the molecule is COC(=O)C1=C(C(=O)OC)N(c2ccc(C#N)cc2C(=O)C(F)(F)F)COC1. The van der Waals surface area contributed by atoms with Crippen molar-refractivity contribution in [2.24, 2.45) is 0 Å². The zero-order valence-electron chi connectivity index (χ0n) is 14.6. The first-order valence-electron chi connectivity index (χ1n) is 7.56. The molecule has 0 unspecified atom stereocenters. The molecule has 0 aromatic heterocycles. The highest BCUT2D eigenvalue weighted by Crippen LogP contribution is 2.33. The molecule has 1 aliphatic rings. The Balaban J connectivity index is 2.74. The predicted molar refractivity (Wildman–Crippen MR) is 85.9 cm³/mol. The number of hydrogen-bond donors (Lipinski definition) is 0. The lowest BCUT2D eigenvalue weighted by molar-refractivity contribution is -0.140. The van der Waals surface area contributed by atoms with Crippen molar-refractivity contribution in [2.45, 2.75) is 6.18 Å². The summed E-state index contributed by atoms with van der Waals surface area (Å²) in [6.45, 7) is -0.804. The fourth-order valence-electron chi connectivity index (χ4n) is 2.51. The number of nitriles is 1. The monoisotopic (exact) mass is 398 g/mol. The first kappa shape index (κ1) is 20.9. The Hall–Kier alpha value is -3.39. The van der Waals surface area contributed by atoms with Crippen molar-refractivity contribution in [3.05, 3.63) is 40.6 Å². The second kappa shape index (κ2) is 8.10. The summed E-state index contributed by atoms with van der Waals surface area (Å²) in [7, 11) is 2.06. The molecule has 2 rings (SSSR count). The van der Waals surface area contributed by atoms with Gasteiger partial charge in [0.15, 0.2) is 0 Å². The summed E-state index contributed by atoms with van der Waals surface area (Å²) in [4.78, 5) is 37.0. The van der Waals surface area contributed by atoms with Gasteiger partial charge in [0, 0.05) is 0 Å². The van der Waals surface area contributed by atoms with E-state index in [-0.39, 0.29) is 23.4 Å². The molecule has 28 heavy (non-hydrogen) atoms. The molecular formula is C17H13F3N2O6. The molecule has 148 valence electrons. The van der Waals surface area contributed by atoms with Crippen LogP contribution >= 0.6 is 0 Å². The number of carbonyl (C=O) groups excluding carboxylic acids is 3. The number of Topliss-reactive ketones (excluding diaryl/α,β-unsaturated/α-hetero) is 1. The smallest absolute Gasteiger partial charge is 0.454 e.